The molecule has 0 aliphatic heterocycles. The third kappa shape index (κ3) is 3.43. The second-order valence-electron chi connectivity index (χ2n) is 2.44. The van der Waals surface area contributed by atoms with Gasteiger partial charge in [-0.05, 0) is 13.3 Å². The number of rotatable bonds is 3. The van der Waals surface area contributed by atoms with E-state index in [2.05, 4.69) is 4.74 Å². The number of carbonyl (C=O) groups is 1. The number of halogens is 1. The minimum Gasteiger partial charge on any atom is -0.469 e. The van der Waals surface area contributed by atoms with Gasteiger partial charge in [-0.1, -0.05) is 6.92 Å². The van der Waals surface area contributed by atoms with E-state index in [0.717, 1.165) is 0 Å². The molecule has 0 spiro atoms. The first-order chi connectivity index (χ1) is 4.57. The van der Waals surface area contributed by atoms with Gasteiger partial charge in [0, 0.05) is 0 Å². The number of carbonyl (C=O) groups excluding carboxylic acids is 1. The lowest BCUT2D eigenvalue weighted by molar-refractivity contribution is -0.145. The van der Waals surface area contributed by atoms with Crippen LogP contribution in [0.25, 0.3) is 0 Å². The van der Waals surface area contributed by atoms with Crippen molar-refractivity contribution in [3.63, 3.8) is 0 Å². The van der Waals surface area contributed by atoms with Crippen LogP contribution in [0, 0.1) is 5.92 Å². The summed E-state index contributed by atoms with van der Waals surface area (Å²) in [6.07, 6.45) is -0.693. The Morgan fingerprint density at radius 3 is 2.40 bits per heavy atom. The molecule has 3 heteroatoms. The van der Waals surface area contributed by atoms with Crippen LogP contribution in [0.5, 0.6) is 0 Å². The van der Waals surface area contributed by atoms with E-state index in [-0.39, 0.29) is 18.3 Å². The molecule has 0 amide bonds. The van der Waals surface area contributed by atoms with Gasteiger partial charge in [-0.2, -0.15) is 0 Å². The molecular weight excluding hydrogens is 135 g/mol. The Hall–Kier alpha value is -0.600. The number of esters is 1. The van der Waals surface area contributed by atoms with Crippen LogP contribution < -0.4 is 0 Å². The van der Waals surface area contributed by atoms with E-state index in [4.69, 9.17) is 0 Å². The Kier molecular flexibility index (Phi) is 4.00. The van der Waals surface area contributed by atoms with Crippen LogP contribution in [0.4, 0.5) is 4.39 Å². The minimum absolute atomic E-state index is 0.243. The quantitative estimate of drug-likeness (QED) is 0.567. The lowest BCUT2D eigenvalue weighted by Crippen LogP contribution is -2.15. The van der Waals surface area contributed by atoms with Crippen molar-refractivity contribution in [1.82, 2.24) is 0 Å². The fourth-order valence-corrected chi connectivity index (χ4v) is 0.785. The van der Waals surface area contributed by atoms with Crippen molar-refractivity contribution >= 4 is 5.97 Å². The fraction of sp³-hybridized carbons (Fsp3) is 0.857. The highest BCUT2D eigenvalue weighted by Crippen LogP contribution is 2.09. The molecule has 0 heterocycles. The molecule has 0 aromatic carbocycles. The summed E-state index contributed by atoms with van der Waals surface area (Å²) < 4.78 is 16.6. The van der Waals surface area contributed by atoms with Crippen LogP contribution in [0.2, 0.25) is 0 Å². The molecule has 0 saturated carbocycles. The van der Waals surface area contributed by atoms with Crippen LogP contribution in [-0.2, 0) is 9.53 Å². The van der Waals surface area contributed by atoms with Crippen LogP contribution in [0.3, 0.4) is 0 Å². The lowest BCUT2D eigenvalue weighted by atomic mass is 10.1. The number of methoxy groups -OCH3 is 1. The van der Waals surface area contributed by atoms with Crippen LogP contribution in [-0.4, -0.2) is 19.3 Å². The zero-order valence-electron chi connectivity index (χ0n) is 6.56. The zero-order valence-corrected chi connectivity index (χ0v) is 6.56. The molecule has 0 aromatic rings. The predicted molar refractivity (Wildman–Crippen MR) is 36.4 cm³/mol. The van der Waals surface area contributed by atoms with Crippen molar-refractivity contribution in [3.8, 4) is 0 Å². The summed E-state index contributed by atoms with van der Waals surface area (Å²) in [7, 11) is 1.31. The number of hydrogen-bond donors (Lipinski definition) is 0. The van der Waals surface area contributed by atoms with Gasteiger partial charge in [0.1, 0.15) is 0 Å². The molecule has 0 saturated heterocycles. The van der Waals surface area contributed by atoms with Crippen molar-refractivity contribution in [1.29, 1.82) is 0 Å². The molecular formula is C7H13FO2. The SMILES string of the molecule is COC(=O)C(C)CC(C)F. The monoisotopic (exact) mass is 148 g/mol. The van der Waals surface area contributed by atoms with Gasteiger partial charge < -0.3 is 4.74 Å². The third-order valence-electron chi connectivity index (χ3n) is 1.28. The minimum atomic E-state index is -0.936. The molecule has 0 N–H and O–H groups in total. The maximum Gasteiger partial charge on any atom is 0.308 e. The summed E-state index contributed by atoms with van der Waals surface area (Å²) >= 11 is 0. The summed E-state index contributed by atoms with van der Waals surface area (Å²) in [5.74, 6) is -0.672. The van der Waals surface area contributed by atoms with Crippen molar-refractivity contribution in [2.45, 2.75) is 26.4 Å². The van der Waals surface area contributed by atoms with Gasteiger partial charge in [0.05, 0.1) is 19.2 Å². The maximum atomic E-state index is 12.2. The number of ether oxygens (including phenoxy) is 1. The van der Waals surface area contributed by atoms with Crippen molar-refractivity contribution < 1.29 is 13.9 Å². The number of hydrogen-bond acceptors (Lipinski definition) is 2. The van der Waals surface area contributed by atoms with Crippen LogP contribution in [0.15, 0.2) is 0 Å². The van der Waals surface area contributed by atoms with Gasteiger partial charge >= 0.3 is 5.97 Å². The van der Waals surface area contributed by atoms with Gasteiger partial charge in [-0.3, -0.25) is 4.79 Å². The van der Waals surface area contributed by atoms with Crippen molar-refractivity contribution in [2.24, 2.45) is 5.92 Å². The molecule has 0 fully saturated rings. The molecule has 2 atom stereocenters. The van der Waals surface area contributed by atoms with Gasteiger partial charge in [-0.15, -0.1) is 0 Å². The molecule has 0 bridgehead atoms. The Bertz CT molecular complexity index is 112. The molecule has 0 radical (unpaired) electrons. The first-order valence-electron chi connectivity index (χ1n) is 3.29. The van der Waals surface area contributed by atoms with Gasteiger partial charge in [-0.25, -0.2) is 4.39 Å². The molecule has 2 nitrogen and oxygen atoms in total. The van der Waals surface area contributed by atoms with Crippen LogP contribution in [0.1, 0.15) is 20.3 Å². The Morgan fingerprint density at radius 1 is 1.60 bits per heavy atom. The van der Waals surface area contributed by atoms with E-state index in [1.807, 2.05) is 0 Å². The van der Waals surface area contributed by atoms with Crippen molar-refractivity contribution in [2.75, 3.05) is 7.11 Å². The van der Waals surface area contributed by atoms with E-state index < -0.39 is 6.17 Å². The fourth-order valence-electron chi connectivity index (χ4n) is 0.785. The molecule has 2 unspecified atom stereocenters. The highest BCUT2D eigenvalue weighted by molar-refractivity contribution is 5.71. The molecule has 60 valence electrons. The molecule has 0 aromatic heterocycles. The summed E-state index contributed by atoms with van der Waals surface area (Å²) in [4.78, 5) is 10.7. The average Bonchev–Trinajstić information content (AvgIpc) is 1.85. The second-order valence-corrected chi connectivity index (χ2v) is 2.44. The second kappa shape index (κ2) is 4.25. The summed E-state index contributed by atoms with van der Waals surface area (Å²) in [5, 5.41) is 0. The largest absolute Gasteiger partial charge is 0.469 e. The van der Waals surface area contributed by atoms with Gasteiger partial charge in [0.15, 0.2) is 0 Å². The maximum absolute atomic E-state index is 12.2. The van der Waals surface area contributed by atoms with Crippen molar-refractivity contribution in [3.05, 3.63) is 0 Å². The average molecular weight is 148 g/mol. The smallest absolute Gasteiger partial charge is 0.308 e. The highest BCUT2D eigenvalue weighted by atomic mass is 19.1. The van der Waals surface area contributed by atoms with E-state index in [1.165, 1.54) is 14.0 Å². The zero-order chi connectivity index (χ0) is 8.15. The van der Waals surface area contributed by atoms with E-state index >= 15 is 0 Å². The Morgan fingerprint density at radius 2 is 2.10 bits per heavy atom. The topological polar surface area (TPSA) is 26.3 Å². The molecule has 0 rings (SSSR count). The molecule has 10 heavy (non-hydrogen) atoms. The standard InChI is InChI=1S/C7H13FO2/c1-5(4-6(2)8)7(9)10-3/h5-6H,4H2,1-3H3. The first kappa shape index (κ1) is 9.40. The first-order valence-corrected chi connectivity index (χ1v) is 3.29. The molecule has 0 aliphatic carbocycles. The van der Waals surface area contributed by atoms with E-state index in [0.29, 0.717) is 0 Å². The number of alkyl halides is 1. The lowest BCUT2D eigenvalue weighted by Gasteiger charge is -2.08. The van der Waals surface area contributed by atoms with E-state index in [9.17, 15) is 9.18 Å². The highest BCUT2D eigenvalue weighted by Gasteiger charge is 2.15. The Labute approximate surface area is 60.4 Å². The Balaban J connectivity index is 3.61. The van der Waals surface area contributed by atoms with E-state index in [1.54, 1.807) is 6.92 Å². The normalized spacial score (nSPS) is 16.0. The summed E-state index contributed by atoms with van der Waals surface area (Å²) in [5.41, 5.74) is 0. The summed E-state index contributed by atoms with van der Waals surface area (Å²) in [6, 6.07) is 0. The third-order valence-corrected chi connectivity index (χ3v) is 1.28. The predicted octanol–water partition coefficient (Wildman–Crippen LogP) is 1.54. The summed E-state index contributed by atoms with van der Waals surface area (Å²) in [6.45, 7) is 3.08. The van der Waals surface area contributed by atoms with Gasteiger partial charge in [0.25, 0.3) is 0 Å². The van der Waals surface area contributed by atoms with Crippen LogP contribution >= 0.6 is 0 Å². The molecule has 0 aliphatic rings. The van der Waals surface area contributed by atoms with Gasteiger partial charge in [0.2, 0.25) is 0 Å².